The predicted molar refractivity (Wildman–Crippen MR) is 85.8 cm³/mol. The van der Waals surface area contributed by atoms with E-state index in [4.69, 9.17) is 0 Å². The number of carbonyl (C=O) groups is 1. The van der Waals surface area contributed by atoms with E-state index in [0.29, 0.717) is 11.7 Å². The van der Waals surface area contributed by atoms with Gasteiger partial charge in [-0.3, -0.25) is 9.69 Å². The van der Waals surface area contributed by atoms with Crippen LogP contribution in [-0.2, 0) is 11.2 Å². The van der Waals surface area contributed by atoms with Crippen molar-refractivity contribution in [3.8, 4) is 0 Å². The molecular formula is C15H25N3O2S. The molecule has 6 heteroatoms. The molecule has 5 nitrogen and oxygen atoms in total. The monoisotopic (exact) mass is 311 g/mol. The number of aromatic nitrogens is 1. The van der Waals surface area contributed by atoms with E-state index in [2.05, 4.69) is 22.1 Å². The van der Waals surface area contributed by atoms with Crippen molar-refractivity contribution in [2.45, 2.75) is 58.6 Å². The molecule has 118 valence electrons. The zero-order valence-electron chi connectivity index (χ0n) is 13.3. The fraction of sp³-hybridized carbons (Fsp3) is 0.733. The van der Waals surface area contributed by atoms with Crippen LogP contribution < -0.4 is 5.32 Å². The molecule has 0 saturated carbocycles. The molecule has 2 rings (SSSR count). The lowest BCUT2D eigenvalue weighted by molar-refractivity contribution is -0.118. The SMILES string of the molecule is CCc1nc(NC(=O)CN2CCCC2C(C)(C)O)sc1C. The highest BCUT2D eigenvalue weighted by molar-refractivity contribution is 7.15. The van der Waals surface area contributed by atoms with Crippen LogP contribution >= 0.6 is 11.3 Å². The summed E-state index contributed by atoms with van der Waals surface area (Å²) in [5.41, 5.74) is 0.273. The molecule has 0 bridgehead atoms. The van der Waals surface area contributed by atoms with Crippen LogP contribution in [0.5, 0.6) is 0 Å². The first kappa shape index (κ1) is 16.4. The summed E-state index contributed by atoms with van der Waals surface area (Å²) >= 11 is 1.52. The molecule has 2 N–H and O–H groups in total. The van der Waals surface area contributed by atoms with Crippen molar-refractivity contribution in [1.29, 1.82) is 0 Å². The second kappa shape index (κ2) is 6.42. The molecule has 1 unspecified atom stereocenters. The number of aliphatic hydroxyl groups is 1. The summed E-state index contributed by atoms with van der Waals surface area (Å²) in [6.07, 6.45) is 2.84. The van der Waals surface area contributed by atoms with Crippen LogP contribution in [-0.4, -0.2) is 45.6 Å². The number of rotatable bonds is 5. The minimum Gasteiger partial charge on any atom is -0.389 e. The van der Waals surface area contributed by atoms with Crippen LogP contribution in [0.3, 0.4) is 0 Å². The molecule has 1 fully saturated rings. The van der Waals surface area contributed by atoms with Gasteiger partial charge in [0.1, 0.15) is 0 Å². The van der Waals surface area contributed by atoms with Crippen molar-refractivity contribution in [3.63, 3.8) is 0 Å². The highest BCUT2D eigenvalue weighted by atomic mass is 32.1. The van der Waals surface area contributed by atoms with Crippen molar-refractivity contribution in [1.82, 2.24) is 9.88 Å². The molecule has 1 aliphatic heterocycles. The Bertz CT molecular complexity index is 508. The summed E-state index contributed by atoms with van der Waals surface area (Å²) in [6, 6.07) is 0.0486. The maximum Gasteiger partial charge on any atom is 0.240 e. The highest BCUT2D eigenvalue weighted by Gasteiger charge is 2.36. The lowest BCUT2D eigenvalue weighted by Crippen LogP contribution is -2.48. The maximum absolute atomic E-state index is 12.2. The molecule has 1 aliphatic rings. The Kier molecular flexibility index (Phi) is 5.01. The van der Waals surface area contributed by atoms with E-state index in [9.17, 15) is 9.90 Å². The van der Waals surface area contributed by atoms with Crippen molar-refractivity contribution in [2.75, 3.05) is 18.4 Å². The Labute approximate surface area is 130 Å². The summed E-state index contributed by atoms with van der Waals surface area (Å²) < 4.78 is 0. The standard InChI is InChI=1S/C15H25N3O2S/c1-5-11-10(2)21-14(16-11)17-13(19)9-18-8-6-7-12(18)15(3,4)20/h12,20H,5-9H2,1-4H3,(H,16,17,19). The first-order valence-corrected chi connectivity index (χ1v) is 8.35. The number of anilines is 1. The Balaban J connectivity index is 1.95. The topological polar surface area (TPSA) is 65.5 Å². The van der Waals surface area contributed by atoms with Gasteiger partial charge in [0, 0.05) is 10.9 Å². The average molecular weight is 311 g/mol. The second-order valence-electron chi connectivity index (χ2n) is 6.21. The molecule has 0 aliphatic carbocycles. The van der Waals surface area contributed by atoms with E-state index in [1.54, 1.807) is 0 Å². The van der Waals surface area contributed by atoms with Crippen molar-refractivity contribution < 1.29 is 9.90 Å². The second-order valence-corrected chi connectivity index (χ2v) is 7.41. The lowest BCUT2D eigenvalue weighted by Gasteiger charge is -2.33. The number of hydrogen-bond donors (Lipinski definition) is 2. The summed E-state index contributed by atoms with van der Waals surface area (Å²) in [4.78, 5) is 19.8. The largest absolute Gasteiger partial charge is 0.389 e. The smallest absolute Gasteiger partial charge is 0.240 e. The van der Waals surface area contributed by atoms with Crippen LogP contribution in [0.25, 0.3) is 0 Å². The van der Waals surface area contributed by atoms with Gasteiger partial charge in [-0.15, -0.1) is 11.3 Å². The Hall–Kier alpha value is -0.980. The number of likely N-dealkylation sites (tertiary alicyclic amines) is 1. The first-order valence-electron chi connectivity index (χ1n) is 7.53. The number of hydrogen-bond acceptors (Lipinski definition) is 5. The van der Waals surface area contributed by atoms with Gasteiger partial charge in [0.25, 0.3) is 0 Å². The average Bonchev–Trinajstić information content (AvgIpc) is 2.95. The Morgan fingerprint density at radius 3 is 2.86 bits per heavy atom. The van der Waals surface area contributed by atoms with E-state index in [1.165, 1.54) is 11.3 Å². The number of thiazole rings is 1. The molecule has 0 aromatic carbocycles. The van der Waals surface area contributed by atoms with Gasteiger partial charge in [0.2, 0.25) is 5.91 Å². The van der Waals surface area contributed by atoms with Gasteiger partial charge in [0.05, 0.1) is 17.8 Å². The zero-order valence-corrected chi connectivity index (χ0v) is 14.1. The molecule has 1 aromatic rings. The van der Waals surface area contributed by atoms with Gasteiger partial charge in [0.15, 0.2) is 5.13 Å². The molecule has 1 saturated heterocycles. The van der Waals surface area contributed by atoms with Crippen LogP contribution in [0.1, 0.15) is 44.2 Å². The lowest BCUT2D eigenvalue weighted by atomic mass is 9.97. The number of carbonyl (C=O) groups excluding carboxylic acids is 1. The van der Waals surface area contributed by atoms with Crippen LogP contribution in [0, 0.1) is 6.92 Å². The third kappa shape index (κ3) is 4.02. The number of amides is 1. The van der Waals surface area contributed by atoms with Gasteiger partial charge in [-0.05, 0) is 46.6 Å². The molecule has 2 heterocycles. The Morgan fingerprint density at radius 1 is 1.57 bits per heavy atom. The first-order chi connectivity index (χ1) is 9.81. The zero-order chi connectivity index (χ0) is 15.6. The molecule has 1 amide bonds. The van der Waals surface area contributed by atoms with Crippen LogP contribution in [0.2, 0.25) is 0 Å². The predicted octanol–water partition coefficient (Wildman–Crippen LogP) is 2.19. The summed E-state index contributed by atoms with van der Waals surface area (Å²) in [5.74, 6) is -0.0532. The quantitative estimate of drug-likeness (QED) is 0.875. The Morgan fingerprint density at radius 2 is 2.29 bits per heavy atom. The van der Waals surface area contributed by atoms with Gasteiger partial charge in [-0.1, -0.05) is 6.92 Å². The fourth-order valence-electron chi connectivity index (χ4n) is 2.97. The molecule has 0 spiro atoms. The van der Waals surface area contributed by atoms with Crippen molar-refractivity contribution in [3.05, 3.63) is 10.6 Å². The fourth-order valence-corrected chi connectivity index (χ4v) is 3.89. The minimum absolute atomic E-state index is 0.0486. The number of nitrogens with one attached hydrogen (secondary N) is 1. The third-order valence-corrected chi connectivity index (χ3v) is 4.93. The summed E-state index contributed by atoms with van der Waals surface area (Å²) in [5, 5.41) is 13.7. The van der Waals surface area contributed by atoms with Gasteiger partial charge < -0.3 is 10.4 Å². The molecular weight excluding hydrogens is 286 g/mol. The van der Waals surface area contributed by atoms with Crippen molar-refractivity contribution in [2.24, 2.45) is 0 Å². The van der Waals surface area contributed by atoms with E-state index in [1.807, 2.05) is 20.8 Å². The third-order valence-electron chi connectivity index (χ3n) is 4.00. The van der Waals surface area contributed by atoms with Gasteiger partial charge in [-0.25, -0.2) is 4.98 Å². The highest BCUT2D eigenvalue weighted by Crippen LogP contribution is 2.27. The van der Waals surface area contributed by atoms with Crippen LogP contribution in [0.15, 0.2) is 0 Å². The van der Waals surface area contributed by atoms with E-state index >= 15 is 0 Å². The summed E-state index contributed by atoms with van der Waals surface area (Å²) in [7, 11) is 0. The van der Waals surface area contributed by atoms with Gasteiger partial charge in [-0.2, -0.15) is 0 Å². The molecule has 0 radical (unpaired) electrons. The molecule has 1 atom stereocenters. The van der Waals surface area contributed by atoms with Gasteiger partial charge >= 0.3 is 0 Å². The normalized spacial score (nSPS) is 20.0. The summed E-state index contributed by atoms with van der Waals surface area (Å²) in [6.45, 7) is 8.88. The van der Waals surface area contributed by atoms with E-state index in [-0.39, 0.29) is 11.9 Å². The van der Waals surface area contributed by atoms with Crippen LogP contribution in [0.4, 0.5) is 5.13 Å². The molecule has 21 heavy (non-hydrogen) atoms. The van der Waals surface area contributed by atoms with Crippen molar-refractivity contribution >= 4 is 22.4 Å². The minimum atomic E-state index is -0.774. The number of nitrogens with zero attached hydrogens (tertiary/aromatic N) is 2. The van der Waals surface area contributed by atoms with E-state index < -0.39 is 5.60 Å². The maximum atomic E-state index is 12.2. The van der Waals surface area contributed by atoms with E-state index in [0.717, 1.165) is 36.4 Å². The molecule has 1 aromatic heterocycles. The number of aryl methyl sites for hydroxylation is 2.